The van der Waals surface area contributed by atoms with Gasteiger partial charge in [0.05, 0.1) is 0 Å². The predicted octanol–water partition coefficient (Wildman–Crippen LogP) is 1.44. The zero-order valence-corrected chi connectivity index (χ0v) is 7.76. The van der Waals surface area contributed by atoms with Crippen LogP contribution in [0, 0.1) is 5.82 Å². The Balaban J connectivity index is 2.55. The molecule has 3 N–H and O–H groups in total. The molecule has 1 rings (SSSR count). The molecule has 2 nitrogen and oxygen atoms in total. The van der Waals surface area contributed by atoms with E-state index in [0.717, 1.165) is 12.1 Å². The second kappa shape index (κ2) is 4.94. The second-order valence-corrected chi connectivity index (χ2v) is 3.02. The standard InChI is InChI=1S/C10H15FN2/c1-8(13-7-6-12)9-2-4-10(11)5-3-9/h2-5,8,13H,6-7,12H2,1H3/t8-/m1/s1. The van der Waals surface area contributed by atoms with E-state index in [1.54, 1.807) is 12.1 Å². The van der Waals surface area contributed by atoms with Gasteiger partial charge < -0.3 is 11.1 Å². The van der Waals surface area contributed by atoms with Gasteiger partial charge in [0, 0.05) is 19.1 Å². The molecule has 0 saturated heterocycles. The summed E-state index contributed by atoms with van der Waals surface area (Å²) in [6.07, 6.45) is 0. The molecule has 0 spiro atoms. The third kappa shape index (κ3) is 3.13. The second-order valence-electron chi connectivity index (χ2n) is 3.02. The predicted molar refractivity (Wildman–Crippen MR) is 51.9 cm³/mol. The molecule has 0 fully saturated rings. The average Bonchev–Trinajstić information content (AvgIpc) is 2.15. The summed E-state index contributed by atoms with van der Waals surface area (Å²) in [4.78, 5) is 0. The molecular weight excluding hydrogens is 167 g/mol. The van der Waals surface area contributed by atoms with E-state index >= 15 is 0 Å². The fourth-order valence-electron chi connectivity index (χ4n) is 1.17. The number of nitrogens with one attached hydrogen (secondary N) is 1. The summed E-state index contributed by atoms with van der Waals surface area (Å²) >= 11 is 0. The Morgan fingerprint density at radius 2 is 2.00 bits per heavy atom. The summed E-state index contributed by atoms with van der Waals surface area (Å²) < 4.78 is 12.6. The molecule has 0 aliphatic rings. The van der Waals surface area contributed by atoms with Crippen molar-refractivity contribution in [1.29, 1.82) is 0 Å². The minimum absolute atomic E-state index is 0.199. The molecule has 1 aromatic carbocycles. The molecule has 0 bridgehead atoms. The minimum Gasteiger partial charge on any atom is -0.329 e. The zero-order chi connectivity index (χ0) is 9.68. The smallest absolute Gasteiger partial charge is 0.123 e. The largest absolute Gasteiger partial charge is 0.329 e. The molecule has 0 heterocycles. The molecule has 3 heteroatoms. The third-order valence-electron chi connectivity index (χ3n) is 1.96. The fraction of sp³-hybridized carbons (Fsp3) is 0.400. The number of halogens is 1. The van der Waals surface area contributed by atoms with E-state index in [0.29, 0.717) is 6.54 Å². The van der Waals surface area contributed by atoms with Gasteiger partial charge in [-0.25, -0.2) is 4.39 Å². The maximum Gasteiger partial charge on any atom is 0.123 e. The summed E-state index contributed by atoms with van der Waals surface area (Å²) in [6.45, 7) is 3.42. The van der Waals surface area contributed by atoms with Crippen LogP contribution in [0.1, 0.15) is 18.5 Å². The highest BCUT2D eigenvalue weighted by molar-refractivity contribution is 5.19. The molecule has 72 valence electrons. The average molecular weight is 182 g/mol. The van der Waals surface area contributed by atoms with Gasteiger partial charge in [-0.2, -0.15) is 0 Å². The highest BCUT2D eigenvalue weighted by Gasteiger charge is 2.02. The molecule has 0 amide bonds. The molecule has 0 aromatic heterocycles. The lowest BCUT2D eigenvalue weighted by atomic mass is 10.1. The van der Waals surface area contributed by atoms with Gasteiger partial charge in [0.25, 0.3) is 0 Å². The SMILES string of the molecule is C[C@@H](NCCN)c1ccc(F)cc1. The lowest BCUT2D eigenvalue weighted by molar-refractivity contribution is 0.578. The van der Waals surface area contributed by atoms with E-state index in [9.17, 15) is 4.39 Å². The topological polar surface area (TPSA) is 38.0 Å². The third-order valence-corrected chi connectivity index (χ3v) is 1.96. The quantitative estimate of drug-likeness (QED) is 0.739. The Kier molecular flexibility index (Phi) is 3.86. The molecule has 0 aliphatic carbocycles. The summed E-state index contributed by atoms with van der Waals surface area (Å²) in [5.41, 5.74) is 6.44. The van der Waals surface area contributed by atoms with Gasteiger partial charge in [-0.1, -0.05) is 12.1 Å². The van der Waals surface area contributed by atoms with Crippen LogP contribution in [0.5, 0.6) is 0 Å². The lowest BCUT2D eigenvalue weighted by Gasteiger charge is -2.12. The van der Waals surface area contributed by atoms with E-state index in [1.807, 2.05) is 6.92 Å². The molecule has 0 radical (unpaired) electrons. The summed E-state index contributed by atoms with van der Waals surface area (Å²) in [5.74, 6) is -0.199. The van der Waals surface area contributed by atoms with E-state index in [4.69, 9.17) is 5.73 Å². The van der Waals surface area contributed by atoms with Crippen LogP contribution in [0.15, 0.2) is 24.3 Å². The Bertz CT molecular complexity index is 246. The highest BCUT2D eigenvalue weighted by Crippen LogP contribution is 2.11. The van der Waals surface area contributed by atoms with Crippen molar-refractivity contribution in [2.75, 3.05) is 13.1 Å². The molecule has 0 saturated carbocycles. The van der Waals surface area contributed by atoms with Crippen LogP contribution >= 0.6 is 0 Å². The van der Waals surface area contributed by atoms with Crippen molar-refractivity contribution in [2.45, 2.75) is 13.0 Å². The van der Waals surface area contributed by atoms with Crippen molar-refractivity contribution in [3.8, 4) is 0 Å². The number of hydrogen-bond acceptors (Lipinski definition) is 2. The zero-order valence-electron chi connectivity index (χ0n) is 7.76. The van der Waals surface area contributed by atoms with Gasteiger partial charge in [0.2, 0.25) is 0 Å². The van der Waals surface area contributed by atoms with Crippen LogP contribution in [0.4, 0.5) is 4.39 Å². The van der Waals surface area contributed by atoms with Gasteiger partial charge in [0.1, 0.15) is 5.82 Å². The Labute approximate surface area is 77.9 Å². The van der Waals surface area contributed by atoms with Crippen LogP contribution in [0.3, 0.4) is 0 Å². The van der Waals surface area contributed by atoms with Gasteiger partial charge >= 0.3 is 0 Å². The Hall–Kier alpha value is -0.930. The molecular formula is C10H15FN2. The first-order valence-corrected chi connectivity index (χ1v) is 4.43. The van der Waals surface area contributed by atoms with Crippen LogP contribution in [0.2, 0.25) is 0 Å². The summed E-state index contributed by atoms with van der Waals surface area (Å²) in [5, 5.41) is 3.22. The van der Waals surface area contributed by atoms with E-state index in [2.05, 4.69) is 5.32 Å². The normalized spacial score (nSPS) is 12.8. The minimum atomic E-state index is -0.199. The van der Waals surface area contributed by atoms with Gasteiger partial charge in [0.15, 0.2) is 0 Å². The first-order valence-electron chi connectivity index (χ1n) is 4.43. The van der Waals surface area contributed by atoms with Crippen LogP contribution in [-0.4, -0.2) is 13.1 Å². The van der Waals surface area contributed by atoms with E-state index < -0.39 is 0 Å². The molecule has 1 aromatic rings. The van der Waals surface area contributed by atoms with Crippen molar-refractivity contribution >= 4 is 0 Å². The van der Waals surface area contributed by atoms with Crippen LogP contribution in [-0.2, 0) is 0 Å². The van der Waals surface area contributed by atoms with Crippen molar-refractivity contribution < 1.29 is 4.39 Å². The monoisotopic (exact) mass is 182 g/mol. The van der Waals surface area contributed by atoms with Crippen molar-refractivity contribution in [3.05, 3.63) is 35.6 Å². The van der Waals surface area contributed by atoms with Crippen LogP contribution in [0.25, 0.3) is 0 Å². The number of rotatable bonds is 4. The van der Waals surface area contributed by atoms with Crippen molar-refractivity contribution in [3.63, 3.8) is 0 Å². The summed E-state index contributed by atoms with van der Waals surface area (Å²) in [7, 11) is 0. The Morgan fingerprint density at radius 3 is 2.54 bits per heavy atom. The van der Waals surface area contributed by atoms with Gasteiger partial charge in [-0.15, -0.1) is 0 Å². The van der Waals surface area contributed by atoms with Crippen molar-refractivity contribution in [1.82, 2.24) is 5.32 Å². The van der Waals surface area contributed by atoms with Crippen LogP contribution < -0.4 is 11.1 Å². The number of benzene rings is 1. The first-order chi connectivity index (χ1) is 6.24. The molecule has 1 atom stereocenters. The number of nitrogens with two attached hydrogens (primary N) is 1. The maximum absolute atomic E-state index is 12.6. The fourth-order valence-corrected chi connectivity index (χ4v) is 1.17. The Morgan fingerprint density at radius 1 is 1.38 bits per heavy atom. The maximum atomic E-state index is 12.6. The number of hydrogen-bond donors (Lipinski definition) is 2. The molecule has 0 unspecified atom stereocenters. The van der Waals surface area contributed by atoms with E-state index in [-0.39, 0.29) is 11.9 Å². The molecule has 13 heavy (non-hydrogen) atoms. The van der Waals surface area contributed by atoms with Gasteiger partial charge in [-0.05, 0) is 24.6 Å². The lowest BCUT2D eigenvalue weighted by Crippen LogP contribution is -2.25. The van der Waals surface area contributed by atoms with Crippen molar-refractivity contribution in [2.24, 2.45) is 5.73 Å². The molecule has 0 aliphatic heterocycles. The highest BCUT2D eigenvalue weighted by atomic mass is 19.1. The first kappa shape index (κ1) is 10.2. The summed E-state index contributed by atoms with van der Waals surface area (Å²) in [6, 6.07) is 6.73. The van der Waals surface area contributed by atoms with E-state index in [1.165, 1.54) is 12.1 Å². The van der Waals surface area contributed by atoms with Gasteiger partial charge in [-0.3, -0.25) is 0 Å².